The number of carbonyl (C=O) groups is 1. The van der Waals surface area contributed by atoms with Gasteiger partial charge in [-0.05, 0) is 17.7 Å². The number of benzene rings is 1. The molecule has 2 rings (SSSR count). The summed E-state index contributed by atoms with van der Waals surface area (Å²) in [5, 5.41) is 11.6. The molecule has 0 spiro atoms. The highest BCUT2D eigenvalue weighted by Crippen LogP contribution is 2.43. The second-order valence-corrected chi connectivity index (χ2v) is 3.91. The molecule has 2 N–H and O–H groups in total. The average molecular weight is 261 g/mol. The number of carboxylic acid groups (broad SMARTS) is 1. The predicted molar refractivity (Wildman–Crippen MR) is 56.9 cm³/mol. The first-order valence-electron chi connectivity index (χ1n) is 5.10. The number of aliphatic carboxylic acids is 1. The second kappa shape index (κ2) is 4.08. The third-order valence-electron chi connectivity index (χ3n) is 2.85. The van der Waals surface area contributed by atoms with Gasteiger partial charge in [0.1, 0.15) is 11.7 Å². The third kappa shape index (κ3) is 1.96. The molecule has 1 aromatic carbocycles. The minimum atomic E-state index is -4.54. The van der Waals surface area contributed by atoms with Gasteiger partial charge in [-0.1, -0.05) is 0 Å². The van der Waals surface area contributed by atoms with Crippen LogP contribution in [0.1, 0.15) is 17.0 Å². The van der Waals surface area contributed by atoms with Crippen molar-refractivity contribution in [2.24, 2.45) is 0 Å². The average Bonchev–Trinajstić information content (AvgIpc) is 2.68. The first-order chi connectivity index (χ1) is 8.34. The van der Waals surface area contributed by atoms with E-state index < -0.39 is 23.6 Å². The SMILES string of the molecule is COc1cc2c(cc1C(F)(F)F)NCC2C(=O)O. The Morgan fingerprint density at radius 1 is 1.50 bits per heavy atom. The molecule has 0 radical (unpaired) electrons. The van der Waals surface area contributed by atoms with Gasteiger partial charge in [-0.25, -0.2) is 0 Å². The molecule has 98 valence electrons. The number of anilines is 1. The Morgan fingerprint density at radius 2 is 2.17 bits per heavy atom. The van der Waals surface area contributed by atoms with Crippen molar-refractivity contribution in [2.45, 2.75) is 12.1 Å². The van der Waals surface area contributed by atoms with E-state index in [2.05, 4.69) is 10.1 Å². The zero-order valence-corrected chi connectivity index (χ0v) is 9.34. The third-order valence-corrected chi connectivity index (χ3v) is 2.85. The molecule has 1 atom stereocenters. The number of nitrogens with one attached hydrogen (secondary N) is 1. The van der Waals surface area contributed by atoms with Gasteiger partial charge >= 0.3 is 12.1 Å². The number of ether oxygens (including phenoxy) is 1. The number of hydrogen-bond donors (Lipinski definition) is 2. The second-order valence-electron chi connectivity index (χ2n) is 3.91. The number of alkyl halides is 3. The standard InChI is InChI=1S/C11H10F3NO3/c1-18-9-2-5-6(10(16)17)4-15-8(5)3-7(9)11(12,13)14/h2-3,6,15H,4H2,1H3,(H,16,17). The van der Waals surface area contributed by atoms with Crippen LogP contribution in [0.5, 0.6) is 5.75 Å². The van der Waals surface area contributed by atoms with Crippen LogP contribution in [0, 0.1) is 0 Å². The van der Waals surface area contributed by atoms with Gasteiger partial charge in [-0.15, -0.1) is 0 Å². The minimum absolute atomic E-state index is 0.0785. The van der Waals surface area contributed by atoms with E-state index in [0.717, 1.165) is 19.2 Å². The molecule has 0 bridgehead atoms. The summed E-state index contributed by atoms with van der Waals surface area (Å²) >= 11 is 0. The van der Waals surface area contributed by atoms with Crippen molar-refractivity contribution >= 4 is 11.7 Å². The lowest BCUT2D eigenvalue weighted by Crippen LogP contribution is -2.13. The van der Waals surface area contributed by atoms with Gasteiger partial charge < -0.3 is 15.2 Å². The number of rotatable bonds is 2. The van der Waals surface area contributed by atoms with E-state index in [1.807, 2.05) is 0 Å². The topological polar surface area (TPSA) is 58.6 Å². The van der Waals surface area contributed by atoms with Crippen molar-refractivity contribution in [3.8, 4) is 5.75 Å². The molecule has 0 fully saturated rings. The van der Waals surface area contributed by atoms with Crippen LogP contribution in [0.15, 0.2) is 12.1 Å². The zero-order chi connectivity index (χ0) is 13.5. The lowest BCUT2D eigenvalue weighted by atomic mass is 9.99. The molecule has 0 aromatic heterocycles. The fourth-order valence-corrected chi connectivity index (χ4v) is 1.97. The van der Waals surface area contributed by atoms with E-state index >= 15 is 0 Å². The summed E-state index contributed by atoms with van der Waals surface area (Å²) in [5.74, 6) is -2.30. The Morgan fingerprint density at radius 3 is 2.67 bits per heavy atom. The molecule has 4 nitrogen and oxygen atoms in total. The van der Waals surface area contributed by atoms with Gasteiger partial charge in [-0.3, -0.25) is 4.79 Å². The Bertz CT molecular complexity index is 499. The highest BCUT2D eigenvalue weighted by Gasteiger charge is 2.38. The van der Waals surface area contributed by atoms with Crippen molar-refractivity contribution in [1.29, 1.82) is 0 Å². The van der Waals surface area contributed by atoms with E-state index in [0.29, 0.717) is 5.56 Å². The molecule has 18 heavy (non-hydrogen) atoms. The molecule has 0 amide bonds. The molecule has 1 aliphatic rings. The number of halogens is 3. The Labute approximate surface area is 100 Å². The molecule has 1 aromatic rings. The maximum atomic E-state index is 12.7. The summed E-state index contributed by atoms with van der Waals surface area (Å²) < 4.78 is 42.9. The van der Waals surface area contributed by atoms with Crippen LogP contribution in [-0.4, -0.2) is 24.7 Å². The quantitative estimate of drug-likeness (QED) is 0.857. The summed E-state index contributed by atoms with van der Waals surface area (Å²) in [6.07, 6.45) is -4.54. The molecule has 1 unspecified atom stereocenters. The van der Waals surface area contributed by atoms with E-state index in [1.54, 1.807) is 0 Å². The van der Waals surface area contributed by atoms with E-state index in [1.165, 1.54) is 0 Å². The van der Waals surface area contributed by atoms with Crippen LogP contribution in [0.2, 0.25) is 0 Å². The maximum absolute atomic E-state index is 12.7. The van der Waals surface area contributed by atoms with Crippen molar-refractivity contribution in [3.05, 3.63) is 23.3 Å². The molecule has 7 heteroatoms. The first kappa shape index (κ1) is 12.5. The highest BCUT2D eigenvalue weighted by atomic mass is 19.4. The Hall–Kier alpha value is -1.92. The van der Waals surface area contributed by atoms with Gasteiger partial charge in [0.15, 0.2) is 0 Å². The summed E-state index contributed by atoms with van der Waals surface area (Å²) in [6.45, 7) is 0.0785. The summed E-state index contributed by atoms with van der Waals surface area (Å²) in [5.41, 5.74) is -0.412. The number of carboxylic acids is 1. The van der Waals surface area contributed by atoms with Crippen LogP contribution in [-0.2, 0) is 11.0 Å². The summed E-state index contributed by atoms with van der Waals surface area (Å²) in [7, 11) is 1.12. The van der Waals surface area contributed by atoms with Crippen molar-refractivity contribution in [2.75, 3.05) is 19.0 Å². The molecular formula is C11H10F3NO3. The Kier molecular flexibility index (Phi) is 2.84. The normalized spacial score (nSPS) is 18.1. The number of fused-ring (bicyclic) bond motifs is 1. The van der Waals surface area contributed by atoms with Crippen LogP contribution in [0.4, 0.5) is 18.9 Å². The van der Waals surface area contributed by atoms with Crippen LogP contribution in [0.25, 0.3) is 0 Å². The fourth-order valence-electron chi connectivity index (χ4n) is 1.97. The molecule has 0 saturated carbocycles. The molecule has 1 aliphatic heterocycles. The first-order valence-corrected chi connectivity index (χ1v) is 5.10. The zero-order valence-electron chi connectivity index (χ0n) is 9.34. The monoisotopic (exact) mass is 261 g/mol. The molecule has 0 saturated heterocycles. The van der Waals surface area contributed by atoms with Crippen LogP contribution >= 0.6 is 0 Å². The van der Waals surface area contributed by atoms with Gasteiger partial charge in [0.2, 0.25) is 0 Å². The summed E-state index contributed by atoms with van der Waals surface area (Å²) in [6, 6.07) is 2.02. The smallest absolute Gasteiger partial charge is 0.420 e. The lowest BCUT2D eigenvalue weighted by molar-refractivity contribution is -0.139. The van der Waals surface area contributed by atoms with E-state index in [9.17, 15) is 18.0 Å². The number of methoxy groups -OCH3 is 1. The fraction of sp³-hybridized carbons (Fsp3) is 0.364. The minimum Gasteiger partial charge on any atom is -0.496 e. The highest BCUT2D eigenvalue weighted by molar-refractivity contribution is 5.83. The maximum Gasteiger partial charge on any atom is 0.420 e. The van der Waals surface area contributed by atoms with Crippen LogP contribution < -0.4 is 10.1 Å². The summed E-state index contributed by atoms with van der Waals surface area (Å²) in [4.78, 5) is 10.9. The van der Waals surface area contributed by atoms with Gasteiger partial charge in [-0.2, -0.15) is 13.2 Å². The van der Waals surface area contributed by atoms with Gasteiger partial charge in [0, 0.05) is 12.2 Å². The largest absolute Gasteiger partial charge is 0.496 e. The Balaban J connectivity index is 2.55. The molecular weight excluding hydrogens is 251 g/mol. The predicted octanol–water partition coefficient (Wildman–Crippen LogP) is 2.31. The van der Waals surface area contributed by atoms with Crippen molar-refractivity contribution < 1.29 is 27.8 Å². The van der Waals surface area contributed by atoms with E-state index in [4.69, 9.17) is 5.11 Å². The number of hydrogen-bond acceptors (Lipinski definition) is 3. The van der Waals surface area contributed by atoms with Crippen molar-refractivity contribution in [3.63, 3.8) is 0 Å². The molecule has 0 aliphatic carbocycles. The van der Waals surface area contributed by atoms with E-state index in [-0.39, 0.29) is 18.0 Å². The molecule has 1 heterocycles. The van der Waals surface area contributed by atoms with Crippen LogP contribution in [0.3, 0.4) is 0 Å². The van der Waals surface area contributed by atoms with Gasteiger partial charge in [0.25, 0.3) is 0 Å². The van der Waals surface area contributed by atoms with Crippen molar-refractivity contribution in [1.82, 2.24) is 0 Å². The lowest BCUT2D eigenvalue weighted by Gasteiger charge is -2.14. The van der Waals surface area contributed by atoms with Gasteiger partial charge in [0.05, 0.1) is 12.7 Å².